The van der Waals surface area contributed by atoms with Gasteiger partial charge in [0, 0.05) is 0 Å². The van der Waals surface area contributed by atoms with Gasteiger partial charge in [0.25, 0.3) is 0 Å². The Balaban J connectivity index is 1.46. The Bertz CT molecular complexity index is 1250. The number of hydrogen-bond donors (Lipinski definition) is 0. The van der Waals surface area contributed by atoms with E-state index in [2.05, 4.69) is 140 Å². The molecule has 5 aromatic rings. The molecule has 1 saturated heterocycles. The number of benzene rings is 5. The summed E-state index contributed by atoms with van der Waals surface area (Å²) in [5.74, 6) is 0. The Morgan fingerprint density at radius 1 is 0.405 bits per heavy atom. The van der Waals surface area contributed by atoms with Crippen molar-refractivity contribution in [1.29, 1.82) is 0 Å². The minimum absolute atomic E-state index is 0.169. The van der Waals surface area contributed by atoms with Crippen molar-refractivity contribution in [2.24, 2.45) is 0 Å². The normalized spacial score (nSPS) is 18.1. The quantitative estimate of drug-likeness (QED) is 0.228. The molecule has 0 N–H and O–H groups in total. The van der Waals surface area contributed by atoms with Crippen LogP contribution in [0, 0.1) is 0 Å². The maximum absolute atomic E-state index is 6.84. The molecule has 1 fully saturated rings. The number of hydrogen-bond acceptors (Lipinski definition) is 2. The maximum Gasteiger partial charge on any atom is 0.194 e. The molecule has 0 bridgehead atoms. The van der Waals surface area contributed by atoms with E-state index in [1.54, 1.807) is 0 Å². The Kier molecular flexibility index (Phi) is 6.97. The first kappa shape index (κ1) is 23.8. The van der Waals surface area contributed by atoms with Crippen LogP contribution in [0.1, 0.15) is 23.3 Å². The van der Waals surface area contributed by atoms with E-state index in [1.165, 1.54) is 15.9 Å². The number of rotatable bonds is 7. The summed E-state index contributed by atoms with van der Waals surface area (Å²) in [7, 11) is -2.09. The van der Waals surface area contributed by atoms with Gasteiger partial charge < -0.3 is 9.47 Å². The summed E-state index contributed by atoms with van der Waals surface area (Å²) in [4.78, 5) is 0. The van der Waals surface area contributed by atoms with E-state index >= 15 is 0 Å². The fraction of sp³-hybridized carbons (Fsp3) is 0.118. The second kappa shape index (κ2) is 10.8. The molecule has 0 aliphatic carbocycles. The molecular formula is C34H30O2P+. The molecule has 182 valence electrons. The molecule has 1 heterocycles. The topological polar surface area (TPSA) is 18.5 Å². The third kappa shape index (κ3) is 4.77. The third-order valence-electron chi connectivity index (χ3n) is 7.14. The van der Waals surface area contributed by atoms with E-state index in [0.29, 0.717) is 0 Å². The van der Waals surface area contributed by atoms with Crippen molar-refractivity contribution in [3.8, 4) is 0 Å². The zero-order valence-electron chi connectivity index (χ0n) is 20.6. The van der Waals surface area contributed by atoms with Crippen molar-refractivity contribution in [2.75, 3.05) is 6.16 Å². The largest absolute Gasteiger partial charge is 0.338 e. The highest BCUT2D eigenvalue weighted by Crippen LogP contribution is 2.58. The molecule has 0 radical (unpaired) electrons. The van der Waals surface area contributed by atoms with Crippen molar-refractivity contribution in [1.82, 2.24) is 0 Å². The Labute approximate surface area is 219 Å². The summed E-state index contributed by atoms with van der Waals surface area (Å²) in [5.41, 5.74) is 2.28. The second-order valence-corrected chi connectivity index (χ2v) is 12.9. The van der Waals surface area contributed by atoms with Gasteiger partial charge >= 0.3 is 0 Å². The first-order valence-electron chi connectivity index (χ1n) is 12.8. The van der Waals surface area contributed by atoms with E-state index in [4.69, 9.17) is 9.47 Å². The minimum Gasteiger partial charge on any atom is -0.338 e. The molecule has 1 aliphatic rings. The van der Waals surface area contributed by atoms with Gasteiger partial charge in [-0.05, 0) is 47.5 Å². The van der Waals surface area contributed by atoms with Gasteiger partial charge in [-0.25, -0.2) is 0 Å². The van der Waals surface area contributed by atoms with Crippen molar-refractivity contribution in [3.63, 3.8) is 0 Å². The zero-order valence-corrected chi connectivity index (χ0v) is 21.5. The summed E-state index contributed by atoms with van der Waals surface area (Å²) in [6.07, 6.45) is 0.0672. The van der Waals surface area contributed by atoms with Gasteiger partial charge in [0.1, 0.15) is 41.5 Å². The summed E-state index contributed by atoms with van der Waals surface area (Å²) in [5, 5.41) is 4.00. The molecule has 2 atom stereocenters. The van der Waals surface area contributed by atoms with Crippen LogP contribution in [0.5, 0.6) is 0 Å². The number of ether oxygens (including phenoxy) is 2. The molecule has 3 heteroatoms. The van der Waals surface area contributed by atoms with Crippen LogP contribution in [-0.4, -0.2) is 12.5 Å². The van der Waals surface area contributed by atoms with Crippen LogP contribution >= 0.6 is 7.26 Å². The third-order valence-corrected chi connectivity index (χ3v) is 11.5. The van der Waals surface area contributed by atoms with Gasteiger partial charge in [-0.1, -0.05) is 115 Å². The lowest BCUT2D eigenvalue weighted by Gasteiger charge is -2.29. The van der Waals surface area contributed by atoms with Crippen LogP contribution in [0.15, 0.2) is 152 Å². The molecule has 2 nitrogen and oxygen atoms in total. The lowest BCUT2D eigenvalue weighted by atomic mass is 9.99. The first-order chi connectivity index (χ1) is 18.3. The monoisotopic (exact) mass is 501 g/mol. The molecule has 5 aromatic carbocycles. The molecule has 0 spiro atoms. The molecule has 0 aromatic heterocycles. The van der Waals surface area contributed by atoms with E-state index < -0.39 is 7.26 Å². The van der Waals surface area contributed by atoms with Crippen LogP contribution in [0.3, 0.4) is 0 Å². The summed E-state index contributed by atoms with van der Waals surface area (Å²) in [6.45, 7) is 0. The van der Waals surface area contributed by atoms with E-state index in [1.807, 2.05) is 12.1 Å². The van der Waals surface area contributed by atoms with Crippen LogP contribution in [0.4, 0.5) is 0 Å². The molecule has 0 amide bonds. The van der Waals surface area contributed by atoms with E-state index in [-0.39, 0.29) is 18.5 Å². The van der Waals surface area contributed by atoms with Crippen LogP contribution in [0.25, 0.3) is 0 Å². The van der Waals surface area contributed by atoms with Gasteiger partial charge in [-0.15, -0.1) is 0 Å². The smallest absolute Gasteiger partial charge is 0.194 e. The fourth-order valence-corrected chi connectivity index (χ4v) is 9.60. The standard InChI is InChI=1S/C34H30O2P/c1-6-16-27(17-7-1)33-34(28-18-8-2-9-19-28)36-32(35-33)26-37(29-20-10-3-11-21-29,30-22-12-4-13-23-30)31-24-14-5-15-25-31/h1-25,32-34H,26H2/q+1/t33-,34-/m0/s1. The summed E-state index contributed by atoms with van der Waals surface area (Å²) >= 11 is 0. The SMILES string of the molecule is c1ccc([C@@H]2OC(C[P+](c3ccccc3)(c3ccccc3)c3ccccc3)O[C@H]2c2ccccc2)cc1. The highest BCUT2D eigenvalue weighted by molar-refractivity contribution is 7.95. The molecular weight excluding hydrogens is 471 g/mol. The molecule has 0 unspecified atom stereocenters. The predicted octanol–water partition coefficient (Wildman–Crippen LogP) is 6.84. The van der Waals surface area contributed by atoms with Crippen LogP contribution in [-0.2, 0) is 9.47 Å². The van der Waals surface area contributed by atoms with Crippen molar-refractivity contribution in [2.45, 2.75) is 18.5 Å². The lowest BCUT2D eigenvalue weighted by molar-refractivity contribution is -0.0486. The Hall–Kier alpha value is -3.55. The highest BCUT2D eigenvalue weighted by Gasteiger charge is 2.51. The van der Waals surface area contributed by atoms with Gasteiger partial charge in [0.15, 0.2) is 6.29 Å². The van der Waals surface area contributed by atoms with Crippen molar-refractivity contribution >= 4 is 23.2 Å². The van der Waals surface area contributed by atoms with Gasteiger partial charge in [-0.2, -0.15) is 0 Å². The first-order valence-corrected chi connectivity index (χ1v) is 14.8. The molecule has 6 rings (SSSR count). The Morgan fingerprint density at radius 3 is 1.03 bits per heavy atom. The zero-order chi connectivity index (χ0) is 24.9. The van der Waals surface area contributed by atoms with Crippen molar-refractivity contribution in [3.05, 3.63) is 163 Å². The highest BCUT2D eigenvalue weighted by atomic mass is 31.2. The van der Waals surface area contributed by atoms with Crippen LogP contribution < -0.4 is 15.9 Å². The fourth-order valence-electron chi connectivity index (χ4n) is 5.41. The van der Waals surface area contributed by atoms with Crippen LogP contribution in [0.2, 0.25) is 0 Å². The molecule has 1 aliphatic heterocycles. The average molecular weight is 502 g/mol. The summed E-state index contributed by atoms with van der Waals surface area (Å²) in [6, 6.07) is 53.7. The minimum atomic E-state index is -2.09. The Morgan fingerprint density at radius 2 is 0.703 bits per heavy atom. The van der Waals surface area contributed by atoms with Gasteiger partial charge in [0.05, 0.1) is 0 Å². The maximum atomic E-state index is 6.84. The average Bonchev–Trinajstić information content (AvgIpc) is 3.42. The van der Waals surface area contributed by atoms with Gasteiger partial charge in [-0.3, -0.25) is 0 Å². The molecule has 0 saturated carbocycles. The molecule has 37 heavy (non-hydrogen) atoms. The van der Waals surface area contributed by atoms with Gasteiger partial charge in [0.2, 0.25) is 0 Å². The second-order valence-electron chi connectivity index (χ2n) is 9.36. The van der Waals surface area contributed by atoms with E-state index in [0.717, 1.165) is 17.3 Å². The van der Waals surface area contributed by atoms with E-state index in [9.17, 15) is 0 Å². The van der Waals surface area contributed by atoms with Crippen molar-refractivity contribution < 1.29 is 9.47 Å². The predicted molar refractivity (Wildman–Crippen MR) is 154 cm³/mol. The summed E-state index contributed by atoms with van der Waals surface area (Å²) < 4.78 is 13.7. The lowest BCUT2D eigenvalue weighted by Crippen LogP contribution is -2.37.